The van der Waals surface area contributed by atoms with Crippen LogP contribution >= 0.6 is 11.6 Å². The molecule has 0 bridgehead atoms. The standard InChI is InChI=1S/C14H18ClNO3/c1-8(2)12(10-4-6-11(15)7-5-10)13(17)16-9(3)14(18)19/h4-9,12H,1-3H3,(H,16,17)(H,18,19). The fourth-order valence-corrected chi connectivity index (χ4v) is 2.00. The fraction of sp³-hybridized carbons (Fsp3) is 0.429. The lowest BCUT2D eigenvalue weighted by Crippen LogP contribution is -2.42. The van der Waals surface area contributed by atoms with E-state index >= 15 is 0 Å². The van der Waals surface area contributed by atoms with E-state index in [4.69, 9.17) is 16.7 Å². The number of carbonyl (C=O) groups excluding carboxylic acids is 1. The Morgan fingerprint density at radius 3 is 2.11 bits per heavy atom. The zero-order chi connectivity index (χ0) is 14.6. The van der Waals surface area contributed by atoms with Gasteiger partial charge in [0.2, 0.25) is 5.91 Å². The predicted molar refractivity (Wildman–Crippen MR) is 74.3 cm³/mol. The Bertz CT molecular complexity index is 456. The minimum atomic E-state index is -1.05. The van der Waals surface area contributed by atoms with E-state index in [-0.39, 0.29) is 17.7 Å². The number of hydrogen-bond donors (Lipinski definition) is 2. The van der Waals surface area contributed by atoms with E-state index in [1.165, 1.54) is 6.92 Å². The first kappa shape index (κ1) is 15.5. The summed E-state index contributed by atoms with van der Waals surface area (Å²) in [6.07, 6.45) is 0. The van der Waals surface area contributed by atoms with Crippen molar-refractivity contribution in [1.29, 1.82) is 0 Å². The maximum atomic E-state index is 12.2. The third-order valence-corrected chi connectivity index (χ3v) is 3.16. The van der Waals surface area contributed by atoms with Gasteiger partial charge in [-0.25, -0.2) is 0 Å². The molecule has 0 saturated carbocycles. The van der Waals surface area contributed by atoms with Crippen LogP contribution in [-0.4, -0.2) is 23.0 Å². The van der Waals surface area contributed by atoms with Gasteiger partial charge in [0.05, 0.1) is 5.92 Å². The average Bonchev–Trinajstić information content (AvgIpc) is 2.31. The molecule has 0 aromatic heterocycles. The molecular formula is C14H18ClNO3. The second-order valence-corrected chi connectivity index (χ2v) is 5.28. The van der Waals surface area contributed by atoms with Crippen LogP contribution in [0.5, 0.6) is 0 Å². The monoisotopic (exact) mass is 283 g/mol. The minimum Gasteiger partial charge on any atom is -0.480 e. The molecule has 0 aliphatic carbocycles. The van der Waals surface area contributed by atoms with Crippen LogP contribution in [0.2, 0.25) is 5.02 Å². The van der Waals surface area contributed by atoms with E-state index in [0.717, 1.165) is 5.56 Å². The first-order valence-electron chi connectivity index (χ1n) is 6.11. The topological polar surface area (TPSA) is 66.4 Å². The number of hydrogen-bond acceptors (Lipinski definition) is 2. The SMILES string of the molecule is CC(NC(=O)C(c1ccc(Cl)cc1)C(C)C)C(=O)O. The summed E-state index contributed by atoms with van der Waals surface area (Å²) < 4.78 is 0. The number of nitrogens with one attached hydrogen (secondary N) is 1. The lowest BCUT2D eigenvalue weighted by Gasteiger charge is -2.22. The highest BCUT2D eigenvalue weighted by Crippen LogP contribution is 2.26. The Labute approximate surface area is 117 Å². The van der Waals surface area contributed by atoms with E-state index in [1.807, 2.05) is 13.8 Å². The van der Waals surface area contributed by atoms with Crippen LogP contribution in [0.1, 0.15) is 32.3 Å². The molecule has 2 N–H and O–H groups in total. The quantitative estimate of drug-likeness (QED) is 0.873. The minimum absolute atomic E-state index is 0.0576. The molecule has 19 heavy (non-hydrogen) atoms. The Kier molecular flexibility index (Phi) is 5.36. The molecular weight excluding hydrogens is 266 g/mol. The molecule has 0 radical (unpaired) electrons. The van der Waals surface area contributed by atoms with Gasteiger partial charge >= 0.3 is 5.97 Å². The van der Waals surface area contributed by atoms with Crippen molar-refractivity contribution in [2.24, 2.45) is 5.92 Å². The Hall–Kier alpha value is -1.55. The van der Waals surface area contributed by atoms with Gasteiger partial charge in [-0.15, -0.1) is 0 Å². The lowest BCUT2D eigenvalue weighted by atomic mass is 9.87. The van der Waals surface area contributed by atoms with Crippen molar-refractivity contribution >= 4 is 23.5 Å². The van der Waals surface area contributed by atoms with Gasteiger partial charge in [0, 0.05) is 5.02 Å². The number of rotatable bonds is 5. The Morgan fingerprint density at radius 2 is 1.68 bits per heavy atom. The van der Waals surface area contributed by atoms with Crippen LogP contribution in [0.3, 0.4) is 0 Å². The molecule has 1 rings (SSSR count). The van der Waals surface area contributed by atoms with Crippen molar-refractivity contribution in [3.8, 4) is 0 Å². The summed E-state index contributed by atoms with van der Waals surface area (Å²) >= 11 is 5.82. The third kappa shape index (κ3) is 4.24. The highest BCUT2D eigenvalue weighted by Gasteiger charge is 2.26. The van der Waals surface area contributed by atoms with Crippen LogP contribution in [0.15, 0.2) is 24.3 Å². The molecule has 0 aliphatic rings. The highest BCUT2D eigenvalue weighted by molar-refractivity contribution is 6.30. The summed E-state index contributed by atoms with van der Waals surface area (Å²) in [5.41, 5.74) is 0.828. The van der Waals surface area contributed by atoms with Crippen molar-refractivity contribution < 1.29 is 14.7 Å². The number of benzene rings is 1. The predicted octanol–water partition coefficient (Wildman–Crippen LogP) is 2.67. The van der Waals surface area contributed by atoms with Crippen molar-refractivity contribution in [2.45, 2.75) is 32.7 Å². The van der Waals surface area contributed by atoms with Gasteiger partial charge in [-0.1, -0.05) is 37.6 Å². The summed E-state index contributed by atoms with van der Waals surface area (Å²) in [4.78, 5) is 23.0. The van der Waals surface area contributed by atoms with E-state index in [0.29, 0.717) is 5.02 Å². The van der Waals surface area contributed by atoms with Gasteiger partial charge in [0.1, 0.15) is 6.04 Å². The molecule has 2 unspecified atom stereocenters. The van der Waals surface area contributed by atoms with Crippen molar-refractivity contribution in [3.63, 3.8) is 0 Å². The van der Waals surface area contributed by atoms with Gasteiger partial charge in [-0.3, -0.25) is 9.59 Å². The summed E-state index contributed by atoms with van der Waals surface area (Å²) in [7, 11) is 0. The molecule has 0 spiro atoms. The highest BCUT2D eigenvalue weighted by atomic mass is 35.5. The smallest absolute Gasteiger partial charge is 0.325 e. The van der Waals surface area contributed by atoms with Gasteiger partial charge in [-0.05, 0) is 30.5 Å². The normalized spacial score (nSPS) is 13.9. The van der Waals surface area contributed by atoms with E-state index < -0.39 is 12.0 Å². The third-order valence-electron chi connectivity index (χ3n) is 2.91. The molecule has 1 amide bonds. The molecule has 2 atom stereocenters. The lowest BCUT2D eigenvalue weighted by molar-refractivity contribution is -0.141. The van der Waals surface area contributed by atoms with Crippen LogP contribution in [0.25, 0.3) is 0 Å². The number of halogens is 1. The average molecular weight is 284 g/mol. The molecule has 1 aromatic carbocycles. The fourth-order valence-electron chi connectivity index (χ4n) is 1.87. The molecule has 0 heterocycles. The summed E-state index contributed by atoms with van der Waals surface area (Å²) in [6.45, 7) is 5.29. The van der Waals surface area contributed by atoms with Crippen LogP contribution < -0.4 is 5.32 Å². The van der Waals surface area contributed by atoms with E-state index in [9.17, 15) is 9.59 Å². The largest absolute Gasteiger partial charge is 0.480 e. The molecule has 104 valence electrons. The summed E-state index contributed by atoms with van der Waals surface area (Å²) in [6, 6.07) is 6.12. The maximum Gasteiger partial charge on any atom is 0.325 e. The zero-order valence-corrected chi connectivity index (χ0v) is 11.9. The van der Waals surface area contributed by atoms with Crippen molar-refractivity contribution in [1.82, 2.24) is 5.32 Å². The number of aliphatic carboxylic acids is 1. The van der Waals surface area contributed by atoms with Crippen LogP contribution in [-0.2, 0) is 9.59 Å². The second kappa shape index (κ2) is 6.57. The Morgan fingerprint density at radius 1 is 1.16 bits per heavy atom. The maximum absolute atomic E-state index is 12.2. The van der Waals surface area contributed by atoms with E-state index in [1.54, 1.807) is 24.3 Å². The van der Waals surface area contributed by atoms with Crippen molar-refractivity contribution in [2.75, 3.05) is 0 Å². The number of carboxylic acids is 1. The van der Waals surface area contributed by atoms with Crippen LogP contribution in [0.4, 0.5) is 0 Å². The molecule has 4 nitrogen and oxygen atoms in total. The van der Waals surface area contributed by atoms with E-state index in [2.05, 4.69) is 5.32 Å². The first-order valence-corrected chi connectivity index (χ1v) is 6.49. The van der Waals surface area contributed by atoms with Crippen LogP contribution in [0, 0.1) is 5.92 Å². The second-order valence-electron chi connectivity index (χ2n) is 4.84. The molecule has 0 saturated heterocycles. The zero-order valence-electron chi connectivity index (χ0n) is 11.2. The van der Waals surface area contributed by atoms with Crippen molar-refractivity contribution in [3.05, 3.63) is 34.9 Å². The van der Waals surface area contributed by atoms with Gasteiger partial charge in [0.15, 0.2) is 0 Å². The molecule has 5 heteroatoms. The number of carbonyl (C=O) groups is 2. The molecule has 0 fully saturated rings. The molecule has 1 aromatic rings. The van der Waals surface area contributed by atoms with Gasteiger partial charge in [0.25, 0.3) is 0 Å². The first-order chi connectivity index (χ1) is 8.82. The number of carboxylic acid groups (broad SMARTS) is 1. The molecule has 0 aliphatic heterocycles. The van der Waals surface area contributed by atoms with Gasteiger partial charge < -0.3 is 10.4 Å². The summed E-state index contributed by atoms with van der Waals surface area (Å²) in [5, 5.41) is 11.9. The number of amides is 1. The van der Waals surface area contributed by atoms with Gasteiger partial charge in [-0.2, -0.15) is 0 Å². The Balaban J connectivity index is 2.92. The summed E-state index contributed by atoms with van der Waals surface area (Å²) in [5.74, 6) is -1.67.